The first-order valence-electron chi connectivity index (χ1n) is 2.90. The molecule has 0 aliphatic rings. The van der Waals surface area contributed by atoms with Crippen LogP contribution < -0.4 is 11.3 Å². The highest BCUT2D eigenvalue weighted by atomic mass is 19.4. The Balaban J connectivity index is 2.93. The number of halogens is 3. The fraction of sp³-hybridized carbons (Fsp3) is 0.200. The first-order valence-corrected chi connectivity index (χ1v) is 2.90. The van der Waals surface area contributed by atoms with Crippen molar-refractivity contribution in [2.45, 2.75) is 6.18 Å². The summed E-state index contributed by atoms with van der Waals surface area (Å²) in [5, 5.41) is 0. The van der Waals surface area contributed by atoms with Crippen molar-refractivity contribution in [1.29, 1.82) is 0 Å². The van der Waals surface area contributed by atoms with Gasteiger partial charge in [-0.25, -0.2) is 9.97 Å². The molecule has 0 aliphatic carbocycles. The Kier molecular flexibility index (Phi) is 2.13. The third kappa shape index (κ3) is 1.82. The number of hydrazine groups is 1. The summed E-state index contributed by atoms with van der Waals surface area (Å²) in [6.45, 7) is 0. The van der Waals surface area contributed by atoms with Gasteiger partial charge in [-0.2, -0.15) is 13.2 Å². The zero-order chi connectivity index (χ0) is 9.19. The maximum atomic E-state index is 11.8. The van der Waals surface area contributed by atoms with Crippen LogP contribution in [0.2, 0.25) is 0 Å². The Morgan fingerprint density at radius 1 is 1.25 bits per heavy atom. The van der Waals surface area contributed by atoms with E-state index in [1.54, 1.807) is 0 Å². The Hall–Kier alpha value is -1.37. The Morgan fingerprint density at radius 3 is 2.08 bits per heavy atom. The largest absolute Gasteiger partial charge is 0.451 e. The number of hydrogen-bond donors (Lipinski definition) is 2. The van der Waals surface area contributed by atoms with Crippen molar-refractivity contribution in [3.63, 3.8) is 0 Å². The molecule has 0 saturated carbocycles. The van der Waals surface area contributed by atoms with Gasteiger partial charge < -0.3 is 5.43 Å². The summed E-state index contributed by atoms with van der Waals surface area (Å²) in [6.07, 6.45) is -2.60. The Bertz CT molecular complexity index is 254. The molecule has 7 heteroatoms. The van der Waals surface area contributed by atoms with E-state index in [2.05, 4.69) is 15.4 Å². The van der Waals surface area contributed by atoms with E-state index in [4.69, 9.17) is 5.84 Å². The number of nitrogens with one attached hydrogen (secondary N) is 1. The van der Waals surface area contributed by atoms with Gasteiger partial charge >= 0.3 is 6.18 Å². The molecule has 0 spiro atoms. The van der Waals surface area contributed by atoms with Gasteiger partial charge in [0.15, 0.2) is 0 Å². The Labute approximate surface area is 65.6 Å². The molecule has 1 heterocycles. The van der Waals surface area contributed by atoms with Crippen LogP contribution >= 0.6 is 0 Å². The molecule has 4 nitrogen and oxygen atoms in total. The number of anilines is 1. The predicted molar refractivity (Wildman–Crippen MR) is 34.8 cm³/mol. The lowest BCUT2D eigenvalue weighted by Gasteiger charge is -2.04. The molecule has 3 N–H and O–H groups in total. The van der Waals surface area contributed by atoms with Crippen LogP contribution in [0.1, 0.15) is 5.82 Å². The second kappa shape index (κ2) is 2.94. The second-order valence-corrected chi connectivity index (χ2v) is 1.94. The third-order valence-corrected chi connectivity index (χ3v) is 1.07. The topological polar surface area (TPSA) is 63.8 Å². The molecule has 0 unspecified atom stereocenters. The first-order chi connectivity index (χ1) is 5.54. The lowest BCUT2D eigenvalue weighted by Crippen LogP contribution is -2.13. The number of hydrogen-bond acceptors (Lipinski definition) is 4. The highest BCUT2D eigenvalue weighted by Crippen LogP contribution is 2.25. The SMILES string of the molecule is NNc1cnc(C(F)(F)F)nc1. The number of alkyl halides is 3. The molecular weight excluding hydrogens is 173 g/mol. The van der Waals surface area contributed by atoms with Crippen molar-refractivity contribution in [2.75, 3.05) is 5.43 Å². The van der Waals surface area contributed by atoms with Crippen LogP contribution in [0.3, 0.4) is 0 Å². The Morgan fingerprint density at radius 2 is 1.75 bits per heavy atom. The van der Waals surface area contributed by atoms with Gasteiger partial charge in [0.2, 0.25) is 5.82 Å². The van der Waals surface area contributed by atoms with E-state index in [-0.39, 0.29) is 5.69 Å². The van der Waals surface area contributed by atoms with E-state index in [9.17, 15) is 13.2 Å². The maximum Gasteiger partial charge on any atom is 0.451 e. The standard InChI is InChI=1S/C5H5F3N4/c6-5(7,8)4-10-1-3(12-9)2-11-4/h1-2,12H,9H2. The molecule has 1 rings (SSSR count). The minimum Gasteiger partial charge on any atom is -0.321 e. The van der Waals surface area contributed by atoms with Gasteiger partial charge in [-0.05, 0) is 0 Å². The molecule has 0 atom stereocenters. The van der Waals surface area contributed by atoms with Crippen LogP contribution in [0.25, 0.3) is 0 Å². The van der Waals surface area contributed by atoms with E-state index in [0.717, 1.165) is 12.4 Å². The molecule has 0 radical (unpaired) electrons. The average Bonchev–Trinajstić information content (AvgIpc) is 2.03. The highest BCUT2D eigenvalue weighted by molar-refractivity contribution is 5.35. The lowest BCUT2D eigenvalue weighted by atomic mass is 10.5. The smallest absolute Gasteiger partial charge is 0.321 e. The van der Waals surface area contributed by atoms with Crippen LogP contribution in [-0.4, -0.2) is 9.97 Å². The molecule has 0 saturated heterocycles. The molecule has 0 fully saturated rings. The monoisotopic (exact) mass is 178 g/mol. The maximum absolute atomic E-state index is 11.8. The van der Waals surface area contributed by atoms with Crippen LogP contribution in [0.15, 0.2) is 12.4 Å². The normalized spacial score (nSPS) is 11.3. The van der Waals surface area contributed by atoms with Gasteiger partial charge in [0, 0.05) is 0 Å². The van der Waals surface area contributed by atoms with E-state index in [1.807, 2.05) is 0 Å². The summed E-state index contributed by atoms with van der Waals surface area (Å²) < 4.78 is 35.5. The van der Waals surface area contributed by atoms with Crippen LogP contribution in [0, 0.1) is 0 Å². The van der Waals surface area contributed by atoms with Crippen LogP contribution in [-0.2, 0) is 6.18 Å². The third-order valence-electron chi connectivity index (χ3n) is 1.07. The van der Waals surface area contributed by atoms with Gasteiger partial charge in [-0.1, -0.05) is 0 Å². The number of rotatable bonds is 1. The highest BCUT2D eigenvalue weighted by Gasteiger charge is 2.34. The minimum atomic E-state index is -4.51. The summed E-state index contributed by atoms with van der Waals surface area (Å²) in [6, 6.07) is 0. The van der Waals surface area contributed by atoms with Crippen molar-refractivity contribution in [3.05, 3.63) is 18.2 Å². The number of aromatic nitrogens is 2. The minimum absolute atomic E-state index is 0.225. The van der Waals surface area contributed by atoms with Gasteiger partial charge in [0.1, 0.15) is 0 Å². The van der Waals surface area contributed by atoms with Gasteiger partial charge in [-0.15, -0.1) is 0 Å². The molecule has 1 aromatic heterocycles. The lowest BCUT2D eigenvalue weighted by molar-refractivity contribution is -0.144. The fourth-order valence-corrected chi connectivity index (χ4v) is 0.549. The number of nitrogens with zero attached hydrogens (tertiary/aromatic N) is 2. The molecule has 0 amide bonds. The van der Waals surface area contributed by atoms with Gasteiger partial charge in [-0.3, -0.25) is 5.84 Å². The molecule has 0 aromatic carbocycles. The molecule has 66 valence electrons. The van der Waals surface area contributed by atoms with Crippen molar-refractivity contribution in [2.24, 2.45) is 5.84 Å². The van der Waals surface area contributed by atoms with E-state index in [1.165, 1.54) is 0 Å². The van der Waals surface area contributed by atoms with Gasteiger partial charge in [0.05, 0.1) is 18.1 Å². The quantitative estimate of drug-likeness (QED) is 0.492. The van der Waals surface area contributed by atoms with Crippen molar-refractivity contribution in [3.8, 4) is 0 Å². The zero-order valence-corrected chi connectivity index (χ0v) is 5.76. The summed E-state index contributed by atoms with van der Waals surface area (Å²) in [5.41, 5.74) is 2.34. The zero-order valence-electron chi connectivity index (χ0n) is 5.76. The van der Waals surface area contributed by atoms with E-state index < -0.39 is 12.0 Å². The molecular formula is C5H5F3N4. The van der Waals surface area contributed by atoms with Crippen molar-refractivity contribution < 1.29 is 13.2 Å². The molecule has 0 aliphatic heterocycles. The summed E-state index contributed by atoms with van der Waals surface area (Å²) in [4.78, 5) is 6.08. The molecule has 0 bridgehead atoms. The molecule has 12 heavy (non-hydrogen) atoms. The van der Waals surface area contributed by atoms with Gasteiger partial charge in [0.25, 0.3) is 0 Å². The van der Waals surface area contributed by atoms with Crippen molar-refractivity contribution >= 4 is 5.69 Å². The van der Waals surface area contributed by atoms with E-state index >= 15 is 0 Å². The number of nitrogens with two attached hydrogens (primary N) is 1. The summed E-state index contributed by atoms with van der Waals surface area (Å²) in [5.74, 6) is 3.72. The average molecular weight is 178 g/mol. The predicted octanol–water partition coefficient (Wildman–Crippen LogP) is 0.781. The molecule has 1 aromatic rings. The number of nitrogen functional groups attached to an aromatic ring is 1. The van der Waals surface area contributed by atoms with Crippen molar-refractivity contribution in [1.82, 2.24) is 9.97 Å². The second-order valence-electron chi connectivity index (χ2n) is 1.94. The summed E-state index contributed by atoms with van der Waals surface area (Å²) >= 11 is 0. The fourth-order valence-electron chi connectivity index (χ4n) is 0.549. The summed E-state index contributed by atoms with van der Waals surface area (Å²) in [7, 11) is 0. The van der Waals surface area contributed by atoms with Crippen LogP contribution in [0.5, 0.6) is 0 Å². The first kappa shape index (κ1) is 8.72. The van der Waals surface area contributed by atoms with Crippen LogP contribution in [0.4, 0.5) is 18.9 Å². The van der Waals surface area contributed by atoms with E-state index in [0.29, 0.717) is 0 Å².